The van der Waals surface area contributed by atoms with Gasteiger partial charge in [-0.15, -0.1) is 0 Å². The van der Waals surface area contributed by atoms with E-state index in [9.17, 15) is 9.59 Å². The highest BCUT2D eigenvalue weighted by Crippen LogP contribution is 2.16. The lowest BCUT2D eigenvalue weighted by Crippen LogP contribution is -2.05. The van der Waals surface area contributed by atoms with Crippen molar-refractivity contribution in [2.45, 2.75) is 39.2 Å². The molecule has 0 aromatic heterocycles. The van der Waals surface area contributed by atoms with E-state index in [1.807, 2.05) is 36.4 Å². The van der Waals surface area contributed by atoms with Gasteiger partial charge >= 0.3 is 11.9 Å². The predicted molar refractivity (Wildman–Crippen MR) is 85.0 cm³/mol. The number of ether oxygens (including phenoxy) is 2. The summed E-state index contributed by atoms with van der Waals surface area (Å²) < 4.78 is 9.79. The third kappa shape index (κ3) is 7.62. The Morgan fingerprint density at radius 1 is 1.23 bits per heavy atom. The van der Waals surface area contributed by atoms with Gasteiger partial charge in [0.05, 0.1) is 7.11 Å². The summed E-state index contributed by atoms with van der Waals surface area (Å²) in [6, 6.07) is 9.57. The molecule has 0 aliphatic carbocycles. The van der Waals surface area contributed by atoms with Crippen LogP contribution < -0.4 is 0 Å². The van der Waals surface area contributed by atoms with E-state index in [2.05, 4.69) is 11.7 Å². The van der Waals surface area contributed by atoms with Crippen LogP contribution in [-0.4, -0.2) is 19.0 Å². The number of allylic oxidation sites excluding steroid dienone is 1. The van der Waals surface area contributed by atoms with Gasteiger partial charge in [-0.2, -0.15) is 0 Å². The van der Waals surface area contributed by atoms with Crippen LogP contribution in [0, 0.1) is 5.92 Å². The molecule has 0 fully saturated rings. The van der Waals surface area contributed by atoms with Gasteiger partial charge in [0.1, 0.15) is 6.61 Å². The molecule has 0 saturated heterocycles. The molecule has 0 aliphatic heterocycles. The minimum atomic E-state index is -0.341. The Balaban J connectivity index is 2.27. The summed E-state index contributed by atoms with van der Waals surface area (Å²) >= 11 is 0. The first kappa shape index (κ1) is 18.0. The lowest BCUT2D eigenvalue weighted by molar-refractivity contribution is -0.141. The Morgan fingerprint density at radius 2 is 1.95 bits per heavy atom. The first-order chi connectivity index (χ1) is 10.7. The van der Waals surface area contributed by atoms with Crippen LogP contribution in [0.5, 0.6) is 0 Å². The van der Waals surface area contributed by atoms with Gasteiger partial charge < -0.3 is 9.47 Å². The number of hydrogen-bond acceptors (Lipinski definition) is 4. The maximum absolute atomic E-state index is 11.6. The first-order valence-electron chi connectivity index (χ1n) is 7.59. The van der Waals surface area contributed by atoms with Crippen LogP contribution in [0.4, 0.5) is 0 Å². The zero-order valence-corrected chi connectivity index (χ0v) is 13.3. The number of rotatable bonds is 9. The molecular formula is C18H24O4. The highest BCUT2D eigenvalue weighted by molar-refractivity contribution is 5.81. The number of hydrogen-bond donors (Lipinski definition) is 0. The molecule has 4 heteroatoms. The molecule has 0 spiro atoms. The molecular weight excluding hydrogens is 280 g/mol. The van der Waals surface area contributed by atoms with E-state index in [1.165, 1.54) is 13.2 Å². The Bertz CT molecular complexity index is 479. The van der Waals surface area contributed by atoms with Gasteiger partial charge in [0.25, 0.3) is 0 Å². The molecule has 0 saturated carbocycles. The molecule has 0 bridgehead atoms. The minimum Gasteiger partial charge on any atom is -0.469 e. The minimum absolute atomic E-state index is 0.190. The fraction of sp³-hybridized carbons (Fsp3) is 0.444. The monoisotopic (exact) mass is 304 g/mol. The van der Waals surface area contributed by atoms with Crippen molar-refractivity contribution in [1.82, 2.24) is 0 Å². The van der Waals surface area contributed by atoms with E-state index in [0.717, 1.165) is 24.8 Å². The smallest absolute Gasteiger partial charge is 0.330 e. The molecule has 1 aromatic carbocycles. The Hall–Kier alpha value is -2.10. The topological polar surface area (TPSA) is 52.6 Å². The zero-order valence-electron chi connectivity index (χ0n) is 13.3. The molecule has 1 rings (SSSR count). The van der Waals surface area contributed by atoms with Crippen molar-refractivity contribution in [2.75, 3.05) is 7.11 Å². The van der Waals surface area contributed by atoms with Crippen LogP contribution in [0.25, 0.3) is 0 Å². The van der Waals surface area contributed by atoms with Crippen LogP contribution in [0.1, 0.15) is 38.2 Å². The Morgan fingerprint density at radius 3 is 2.59 bits per heavy atom. The van der Waals surface area contributed by atoms with Crippen LogP contribution >= 0.6 is 0 Å². The van der Waals surface area contributed by atoms with Crippen molar-refractivity contribution in [1.29, 1.82) is 0 Å². The van der Waals surface area contributed by atoms with Crippen molar-refractivity contribution in [3.05, 3.63) is 48.0 Å². The first-order valence-corrected chi connectivity index (χ1v) is 7.59. The van der Waals surface area contributed by atoms with Gasteiger partial charge in [0.2, 0.25) is 0 Å². The van der Waals surface area contributed by atoms with Gasteiger partial charge in [0.15, 0.2) is 0 Å². The van der Waals surface area contributed by atoms with Gasteiger partial charge in [0, 0.05) is 12.5 Å². The van der Waals surface area contributed by atoms with E-state index in [-0.39, 0.29) is 18.5 Å². The molecule has 1 atom stereocenters. The van der Waals surface area contributed by atoms with Crippen LogP contribution in [0.15, 0.2) is 42.5 Å². The molecule has 22 heavy (non-hydrogen) atoms. The van der Waals surface area contributed by atoms with Crippen LogP contribution in [-0.2, 0) is 25.7 Å². The molecule has 0 heterocycles. The van der Waals surface area contributed by atoms with Crippen molar-refractivity contribution in [2.24, 2.45) is 5.92 Å². The molecule has 0 radical (unpaired) electrons. The van der Waals surface area contributed by atoms with Gasteiger partial charge in [-0.05, 0) is 24.3 Å². The molecule has 0 N–H and O–H groups in total. The fourth-order valence-corrected chi connectivity index (χ4v) is 2.05. The average Bonchev–Trinajstić information content (AvgIpc) is 2.56. The summed E-state index contributed by atoms with van der Waals surface area (Å²) in [6.07, 6.45) is 6.19. The van der Waals surface area contributed by atoms with Crippen LogP contribution in [0.2, 0.25) is 0 Å². The average molecular weight is 304 g/mol. The SMILES string of the molecule is CCC(C/C=C/C(=O)OCc1ccccc1)CCC(=O)OC. The largest absolute Gasteiger partial charge is 0.469 e. The number of methoxy groups -OCH3 is 1. The van der Waals surface area contributed by atoms with Crippen molar-refractivity contribution < 1.29 is 19.1 Å². The van der Waals surface area contributed by atoms with E-state index >= 15 is 0 Å². The summed E-state index contributed by atoms with van der Waals surface area (Å²) in [5.74, 6) is -0.159. The molecule has 0 amide bonds. The molecule has 1 aromatic rings. The van der Waals surface area contributed by atoms with Gasteiger partial charge in [-0.1, -0.05) is 49.8 Å². The number of carbonyl (C=O) groups is 2. The summed E-state index contributed by atoms with van der Waals surface area (Å²) in [7, 11) is 1.39. The van der Waals surface area contributed by atoms with E-state index in [1.54, 1.807) is 0 Å². The summed E-state index contributed by atoms with van der Waals surface area (Å²) in [4.78, 5) is 22.7. The summed E-state index contributed by atoms with van der Waals surface area (Å²) in [6.45, 7) is 2.35. The molecule has 120 valence electrons. The normalized spacial score (nSPS) is 12.1. The van der Waals surface area contributed by atoms with Crippen molar-refractivity contribution in [3.63, 3.8) is 0 Å². The quantitative estimate of drug-likeness (QED) is 0.516. The number of benzene rings is 1. The second-order valence-electron chi connectivity index (χ2n) is 5.12. The molecule has 1 unspecified atom stereocenters. The van der Waals surface area contributed by atoms with Gasteiger partial charge in [-0.25, -0.2) is 4.79 Å². The summed E-state index contributed by atoms with van der Waals surface area (Å²) in [5, 5.41) is 0. The third-order valence-electron chi connectivity index (χ3n) is 3.51. The maximum Gasteiger partial charge on any atom is 0.330 e. The maximum atomic E-state index is 11.6. The molecule has 0 aliphatic rings. The fourth-order valence-electron chi connectivity index (χ4n) is 2.05. The van der Waals surface area contributed by atoms with Crippen molar-refractivity contribution >= 4 is 11.9 Å². The van der Waals surface area contributed by atoms with Crippen molar-refractivity contribution in [3.8, 4) is 0 Å². The lowest BCUT2D eigenvalue weighted by atomic mass is 9.96. The zero-order chi connectivity index (χ0) is 16.2. The lowest BCUT2D eigenvalue weighted by Gasteiger charge is -2.11. The standard InChI is InChI=1S/C18H24O4/c1-3-15(12-13-17(19)21-2)10-7-11-18(20)22-14-16-8-5-4-6-9-16/h4-9,11,15H,3,10,12-14H2,1-2H3/b11-7+. The van der Waals surface area contributed by atoms with Gasteiger partial charge in [-0.3, -0.25) is 4.79 Å². The highest BCUT2D eigenvalue weighted by Gasteiger charge is 2.08. The third-order valence-corrected chi connectivity index (χ3v) is 3.51. The second-order valence-corrected chi connectivity index (χ2v) is 5.12. The number of esters is 2. The Labute approximate surface area is 132 Å². The van der Waals surface area contributed by atoms with Crippen LogP contribution in [0.3, 0.4) is 0 Å². The molecule has 4 nitrogen and oxygen atoms in total. The van der Waals surface area contributed by atoms with E-state index in [4.69, 9.17) is 4.74 Å². The van der Waals surface area contributed by atoms with E-state index < -0.39 is 0 Å². The summed E-state index contributed by atoms with van der Waals surface area (Å²) in [5.41, 5.74) is 0.966. The number of carbonyl (C=O) groups excluding carboxylic acids is 2. The predicted octanol–water partition coefficient (Wildman–Crippen LogP) is 3.66. The Kier molecular flexibility index (Phi) is 8.65. The highest BCUT2D eigenvalue weighted by atomic mass is 16.5. The second kappa shape index (κ2) is 10.6. The van der Waals surface area contributed by atoms with E-state index in [0.29, 0.717) is 12.3 Å².